The number of hydrogen-bond donors (Lipinski definition) is 0. The van der Waals surface area contributed by atoms with Gasteiger partial charge in [-0.25, -0.2) is 4.39 Å². The van der Waals surface area contributed by atoms with Gasteiger partial charge in [0, 0.05) is 27.5 Å². The van der Waals surface area contributed by atoms with Crippen molar-refractivity contribution >= 4 is 49.8 Å². The second kappa shape index (κ2) is 14.3. The minimum absolute atomic E-state index is 0.248. The van der Waals surface area contributed by atoms with E-state index in [1.807, 2.05) is 12.1 Å². The highest BCUT2D eigenvalue weighted by atomic mass is 19.1. The van der Waals surface area contributed by atoms with Crippen LogP contribution < -0.4 is 4.90 Å². The molecule has 0 saturated carbocycles. The summed E-state index contributed by atoms with van der Waals surface area (Å²) >= 11 is 0. The molecule has 0 spiro atoms. The van der Waals surface area contributed by atoms with Gasteiger partial charge in [-0.3, -0.25) is 0 Å². The van der Waals surface area contributed by atoms with Crippen LogP contribution in [0.4, 0.5) is 21.5 Å². The van der Waals surface area contributed by atoms with Gasteiger partial charge in [0.2, 0.25) is 0 Å². The van der Waals surface area contributed by atoms with E-state index in [1.54, 1.807) is 0 Å². The van der Waals surface area contributed by atoms with Gasteiger partial charge < -0.3 is 9.32 Å². The molecule has 1 aromatic heterocycles. The second-order valence-corrected chi connectivity index (χ2v) is 16.1. The molecule has 0 atom stereocenters. The molecule has 0 fully saturated rings. The van der Waals surface area contributed by atoms with Gasteiger partial charge in [0.25, 0.3) is 0 Å². The monoisotopic (exact) mass is 795 g/mol. The molecular formula is C59H38FNO. The van der Waals surface area contributed by atoms with Gasteiger partial charge in [-0.2, -0.15) is 0 Å². The van der Waals surface area contributed by atoms with E-state index in [0.717, 1.165) is 72.0 Å². The van der Waals surface area contributed by atoms with Gasteiger partial charge in [0.1, 0.15) is 11.4 Å². The number of halogens is 1. The first-order valence-electron chi connectivity index (χ1n) is 21.1. The van der Waals surface area contributed by atoms with Crippen molar-refractivity contribution in [1.82, 2.24) is 0 Å². The van der Waals surface area contributed by atoms with Crippen LogP contribution in [0.3, 0.4) is 0 Å². The number of rotatable bonds is 7. The van der Waals surface area contributed by atoms with E-state index in [0.29, 0.717) is 0 Å². The van der Waals surface area contributed by atoms with Gasteiger partial charge in [-0.1, -0.05) is 176 Å². The molecule has 10 aromatic carbocycles. The quantitative estimate of drug-likeness (QED) is 0.160. The van der Waals surface area contributed by atoms with E-state index in [1.165, 1.54) is 45.5 Å². The Morgan fingerprint density at radius 3 is 1.74 bits per heavy atom. The second-order valence-electron chi connectivity index (χ2n) is 16.1. The number of hydrogen-bond acceptors (Lipinski definition) is 2. The van der Waals surface area contributed by atoms with Crippen LogP contribution in [0, 0.1) is 5.82 Å². The number of fused-ring (bicyclic) bond motifs is 8. The fourth-order valence-corrected chi connectivity index (χ4v) is 10.0. The molecule has 3 heteroatoms. The van der Waals surface area contributed by atoms with E-state index in [9.17, 15) is 4.39 Å². The van der Waals surface area contributed by atoms with E-state index >= 15 is 0 Å². The Labute approximate surface area is 359 Å². The van der Waals surface area contributed by atoms with E-state index in [-0.39, 0.29) is 5.82 Å². The summed E-state index contributed by atoms with van der Waals surface area (Å²) in [7, 11) is 0. The van der Waals surface area contributed by atoms with E-state index in [4.69, 9.17) is 4.42 Å². The Kier molecular flexibility index (Phi) is 8.29. The molecule has 0 bridgehead atoms. The smallest absolute Gasteiger partial charge is 0.159 e. The van der Waals surface area contributed by atoms with Crippen molar-refractivity contribution in [2.45, 2.75) is 5.41 Å². The Balaban J connectivity index is 1.05. The predicted molar refractivity (Wildman–Crippen MR) is 254 cm³/mol. The summed E-state index contributed by atoms with van der Waals surface area (Å²) in [6, 6.07) is 80.9. The summed E-state index contributed by atoms with van der Waals surface area (Å²) in [5.74, 6) is -0.248. The van der Waals surface area contributed by atoms with Crippen molar-refractivity contribution in [3.8, 4) is 33.4 Å². The number of nitrogens with zero attached hydrogens (tertiary/aromatic N) is 1. The SMILES string of the molecule is Fc1ccc(-c2ccc(N(c3cccc(-c4ccc5c(c4)C(c4ccccc4)(c4ccccc4)c4ccccc4-5)c3)c3cccc4c3oc3c5ccccc5ccc43)cc2)cc1. The summed E-state index contributed by atoms with van der Waals surface area (Å²) in [6.45, 7) is 0. The molecule has 12 rings (SSSR count). The van der Waals surface area contributed by atoms with Crippen molar-refractivity contribution in [3.05, 3.63) is 259 Å². The number of benzene rings is 10. The minimum Gasteiger partial charge on any atom is -0.453 e. The third kappa shape index (κ3) is 5.56. The fourth-order valence-electron chi connectivity index (χ4n) is 10.0. The Morgan fingerprint density at radius 1 is 0.371 bits per heavy atom. The van der Waals surface area contributed by atoms with Crippen molar-refractivity contribution in [2.24, 2.45) is 0 Å². The van der Waals surface area contributed by atoms with Gasteiger partial charge in [0.05, 0.1) is 11.1 Å². The summed E-state index contributed by atoms with van der Waals surface area (Å²) in [6.07, 6.45) is 0. The molecule has 2 nitrogen and oxygen atoms in total. The summed E-state index contributed by atoms with van der Waals surface area (Å²) in [5, 5.41) is 4.37. The molecule has 1 aliphatic carbocycles. The molecule has 0 amide bonds. The normalized spacial score (nSPS) is 12.7. The number of furan rings is 1. The highest BCUT2D eigenvalue weighted by Crippen LogP contribution is 2.57. The highest BCUT2D eigenvalue weighted by molar-refractivity contribution is 6.17. The molecule has 0 saturated heterocycles. The number of anilines is 3. The van der Waals surface area contributed by atoms with Crippen LogP contribution in [-0.4, -0.2) is 0 Å². The fraction of sp³-hybridized carbons (Fsp3) is 0.0169. The molecule has 1 heterocycles. The lowest BCUT2D eigenvalue weighted by molar-refractivity contribution is 0.628. The summed E-state index contributed by atoms with van der Waals surface area (Å²) in [5.41, 5.74) is 15.9. The van der Waals surface area contributed by atoms with E-state index in [2.05, 4.69) is 211 Å². The van der Waals surface area contributed by atoms with Gasteiger partial charge in [-0.05, 0) is 116 Å². The first-order chi connectivity index (χ1) is 30.6. The van der Waals surface area contributed by atoms with Crippen molar-refractivity contribution in [3.63, 3.8) is 0 Å². The standard InChI is InChI=1S/C59H38FNO/c60-46-31-25-39(26-32-46)40-27-33-47(34-28-40)61(56-24-12-22-52-53-36-29-41-13-7-8-20-49(41)57(53)62-58(52)56)48-19-11-14-42(37-48)43-30-35-51-50-21-9-10-23-54(50)59(55(51)38-43,44-15-3-1-4-16-44)45-17-5-2-6-18-45/h1-38H. The molecule has 1 aliphatic rings. The average molecular weight is 796 g/mol. The molecule has 292 valence electrons. The zero-order valence-corrected chi connectivity index (χ0v) is 33.7. The van der Waals surface area contributed by atoms with Gasteiger partial charge in [-0.15, -0.1) is 0 Å². The molecule has 0 unspecified atom stereocenters. The first kappa shape index (κ1) is 35.9. The van der Waals surface area contributed by atoms with Crippen LogP contribution >= 0.6 is 0 Å². The van der Waals surface area contributed by atoms with Crippen molar-refractivity contribution < 1.29 is 8.81 Å². The molecule has 62 heavy (non-hydrogen) atoms. The maximum atomic E-state index is 13.9. The van der Waals surface area contributed by atoms with Crippen LogP contribution in [0.25, 0.3) is 66.1 Å². The zero-order chi connectivity index (χ0) is 41.2. The van der Waals surface area contributed by atoms with Crippen LogP contribution in [0.1, 0.15) is 22.3 Å². The van der Waals surface area contributed by atoms with E-state index < -0.39 is 5.41 Å². The predicted octanol–water partition coefficient (Wildman–Crippen LogP) is 16.0. The molecule has 0 radical (unpaired) electrons. The lowest BCUT2D eigenvalue weighted by Crippen LogP contribution is -2.28. The van der Waals surface area contributed by atoms with Gasteiger partial charge in [0.15, 0.2) is 5.58 Å². The Bertz CT molecular complexity index is 3420. The molecule has 11 aromatic rings. The highest BCUT2D eigenvalue weighted by Gasteiger charge is 2.46. The maximum absolute atomic E-state index is 13.9. The van der Waals surface area contributed by atoms with Gasteiger partial charge >= 0.3 is 0 Å². The van der Waals surface area contributed by atoms with Crippen molar-refractivity contribution in [2.75, 3.05) is 4.90 Å². The lowest BCUT2D eigenvalue weighted by Gasteiger charge is -2.34. The third-order valence-corrected chi connectivity index (χ3v) is 12.8. The maximum Gasteiger partial charge on any atom is 0.159 e. The van der Waals surface area contributed by atoms with Crippen LogP contribution in [-0.2, 0) is 5.41 Å². The average Bonchev–Trinajstić information content (AvgIpc) is 3.87. The van der Waals surface area contributed by atoms with Crippen LogP contribution in [0.2, 0.25) is 0 Å². The Morgan fingerprint density at radius 2 is 0.968 bits per heavy atom. The zero-order valence-electron chi connectivity index (χ0n) is 33.7. The lowest BCUT2D eigenvalue weighted by atomic mass is 9.67. The first-order valence-corrected chi connectivity index (χ1v) is 21.1. The summed E-state index contributed by atoms with van der Waals surface area (Å²) < 4.78 is 20.9. The molecule has 0 aliphatic heterocycles. The summed E-state index contributed by atoms with van der Waals surface area (Å²) in [4.78, 5) is 2.30. The molecular weight excluding hydrogens is 758 g/mol. The molecule has 0 N–H and O–H groups in total. The van der Waals surface area contributed by atoms with Crippen LogP contribution in [0.15, 0.2) is 235 Å². The minimum atomic E-state index is -0.499. The largest absolute Gasteiger partial charge is 0.453 e. The number of para-hydroxylation sites is 1. The van der Waals surface area contributed by atoms with Crippen molar-refractivity contribution in [1.29, 1.82) is 0 Å². The topological polar surface area (TPSA) is 16.4 Å². The Hall–Kier alpha value is -8.01. The third-order valence-electron chi connectivity index (χ3n) is 12.8. The van der Waals surface area contributed by atoms with Crippen LogP contribution in [0.5, 0.6) is 0 Å².